The van der Waals surface area contributed by atoms with E-state index < -0.39 is 0 Å². The van der Waals surface area contributed by atoms with Crippen molar-refractivity contribution in [3.63, 3.8) is 0 Å². The van der Waals surface area contributed by atoms with Gasteiger partial charge in [0.15, 0.2) is 6.29 Å². The van der Waals surface area contributed by atoms with Crippen molar-refractivity contribution in [2.75, 3.05) is 6.61 Å². The van der Waals surface area contributed by atoms with Crippen molar-refractivity contribution in [3.05, 3.63) is 0 Å². The molecule has 2 heterocycles. The quantitative estimate of drug-likeness (QED) is 0.643. The molecule has 3 rings (SSSR count). The molecule has 1 saturated carbocycles. The first-order valence-corrected chi connectivity index (χ1v) is 7.44. The first-order valence-electron chi connectivity index (χ1n) is 7.44. The Morgan fingerprint density at radius 3 is 2.35 bits per heavy atom. The minimum atomic E-state index is 0.0986. The standard InChI is InChI=1S/C15H26O2/c1-9-4-6-13-10(2)8-16-15-14(13)12(9)7-5-11(3)17-15/h9-15H,4-8H2,1-3H3/t9-,10?,11?,12?,13?,14?,15?/m1/s1. The Bertz CT molecular complexity index is 278. The summed E-state index contributed by atoms with van der Waals surface area (Å²) in [7, 11) is 0. The zero-order valence-corrected chi connectivity index (χ0v) is 11.4. The maximum absolute atomic E-state index is 6.13. The van der Waals surface area contributed by atoms with Gasteiger partial charge in [-0.1, -0.05) is 20.3 Å². The van der Waals surface area contributed by atoms with E-state index in [0.29, 0.717) is 12.0 Å². The van der Waals surface area contributed by atoms with Gasteiger partial charge in [-0.05, 0) is 49.9 Å². The van der Waals surface area contributed by atoms with Gasteiger partial charge in [0.25, 0.3) is 0 Å². The molecule has 2 aliphatic heterocycles. The van der Waals surface area contributed by atoms with Crippen molar-refractivity contribution in [1.82, 2.24) is 0 Å². The van der Waals surface area contributed by atoms with Gasteiger partial charge in [-0.2, -0.15) is 0 Å². The van der Waals surface area contributed by atoms with Crippen molar-refractivity contribution in [1.29, 1.82) is 0 Å². The summed E-state index contributed by atoms with van der Waals surface area (Å²) < 4.78 is 12.1. The largest absolute Gasteiger partial charge is 0.352 e. The van der Waals surface area contributed by atoms with Gasteiger partial charge in [-0.25, -0.2) is 0 Å². The Labute approximate surface area is 105 Å². The van der Waals surface area contributed by atoms with E-state index in [1.807, 2.05) is 0 Å². The molecule has 98 valence electrons. The maximum atomic E-state index is 6.13. The van der Waals surface area contributed by atoms with Crippen LogP contribution in [0.5, 0.6) is 0 Å². The number of ether oxygens (including phenoxy) is 2. The molecule has 3 aliphatic rings. The van der Waals surface area contributed by atoms with Gasteiger partial charge in [0.05, 0.1) is 12.7 Å². The van der Waals surface area contributed by atoms with Crippen LogP contribution in [-0.2, 0) is 9.47 Å². The van der Waals surface area contributed by atoms with Crippen LogP contribution in [0.25, 0.3) is 0 Å². The molecule has 17 heavy (non-hydrogen) atoms. The summed E-state index contributed by atoms with van der Waals surface area (Å²) in [4.78, 5) is 0. The van der Waals surface area contributed by atoms with E-state index in [9.17, 15) is 0 Å². The highest BCUT2D eigenvalue weighted by molar-refractivity contribution is 4.93. The summed E-state index contributed by atoms with van der Waals surface area (Å²) in [6.45, 7) is 7.91. The van der Waals surface area contributed by atoms with Crippen molar-refractivity contribution in [2.24, 2.45) is 29.6 Å². The second-order valence-electron chi connectivity index (χ2n) is 6.66. The molecular formula is C15H26O2. The van der Waals surface area contributed by atoms with Gasteiger partial charge in [-0.15, -0.1) is 0 Å². The predicted molar refractivity (Wildman–Crippen MR) is 67.6 cm³/mol. The molecule has 3 fully saturated rings. The van der Waals surface area contributed by atoms with Gasteiger partial charge in [0, 0.05) is 5.92 Å². The first kappa shape index (κ1) is 12.0. The van der Waals surface area contributed by atoms with Crippen molar-refractivity contribution < 1.29 is 9.47 Å². The second kappa shape index (κ2) is 4.55. The van der Waals surface area contributed by atoms with E-state index in [0.717, 1.165) is 30.3 Å². The molecule has 0 aromatic rings. The van der Waals surface area contributed by atoms with Crippen LogP contribution in [0.3, 0.4) is 0 Å². The molecule has 1 aliphatic carbocycles. The van der Waals surface area contributed by atoms with E-state index in [-0.39, 0.29) is 6.29 Å². The number of hydrogen-bond donors (Lipinski definition) is 0. The van der Waals surface area contributed by atoms with Crippen molar-refractivity contribution in [3.8, 4) is 0 Å². The number of rotatable bonds is 0. The third-order valence-electron chi connectivity index (χ3n) is 5.52. The molecule has 0 aromatic heterocycles. The molecule has 2 saturated heterocycles. The lowest BCUT2D eigenvalue weighted by molar-refractivity contribution is -0.249. The van der Waals surface area contributed by atoms with Crippen LogP contribution in [0.4, 0.5) is 0 Å². The van der Waals surface area contributed by atoms with E-state index in [4.69, 9.17) is 9.47 Å². The van der Waals surface area contributed by atoms with E-state index in [1.54, 1.807) is 0 Å². The summed E-state index contributed by atoms with van der Waals surface area (Å²) in [5, 5.41) is 0. The Kier molecular flexibility index (Phi) is 3.20. The lowest BCUT2D eigenvalue weighted by Gasteiger charge is -2.49. The smallest absolute Gasteiger partial charge is 0.161 e. The zero-order chi connectivity index (χ0) is 12.0. The zero-order valence-electron chi connectivity index (χ0n) is 11.4. The highest BCUT2D eigenvalue weighted by Crippen LogP contribution is 2.50. The summed E-state index contributed by atoms with van der Waals surface area (Å²) in [6, 6.07) is 0. The fourth-order valence-electron chi connectivity index (χ4n) is 4.44. The first-order chi connectivity index (χ1) is 8.16. The molecule has 0 N–H and O–H groups in total. The monoisotopic (exact) mass is 238 g/mol. The van der Waals surface area contributed by atoms with Gasteiger partial charge in [0.1, 0.15) is 0 Å². The SMILES string of the molecule is CC1CCC2C3C(OCC(C)C3CC[C@H]2C)O1. The van der Waals surface area contributed by atoms with Crippen molar-refractivity contribution >= 4 is 0 Å². The van der Waals surface area contributed by atoms with Crippen LogP contribution in [0.1, 0.15) is 46.5 Å². The normalized spacial score (nSPS) is 54.9. The van der Waals surface area contributed by atoms with Gasteiger partial charge in [-0.3, -0.25) is 0 Å². The van der Waals surface area contributed by atoms with Crippen LogP contribution in [0, 0.1) is 29.6 Å². The summed E-state index contributed by atoms with van der Waals surface area (Å²) in [5.41, 5.74) is 0. The maximum Gasteiger partial charge on any atom is 0.161 e. The van der Waals surface area contributed by atoms with Crippen LogP contribution < -0.4 is 0 Å². The third-order valence-corrected chi connectivity index (χ3v) is 5.52. The number of hydrogen-bond acceptors (Lipinski definition) is 2. The minimum Gasteiger partial charge on any atom is -0.352 e. The average molecular weight is 238 g/mol. The molecule has 0 aromatic carbocycles. The minimum absolute atomic E-state index is 0.0986. The van der Waals surface area contributed by atoms with E-state index >= 15 is 0 Å². The summed E-state index contributed by atoms with van der Waals surface area (Å²) in [5.74, 6) is 3.95. The molecule has 0 radical (unpaired) electrons. The van der Waals surface area contributed by atoms with E-state index in [1.165, 1.54) is 25.7 Å². The highest BCUT2D eigenvalue weighted by atomic mass is 16.7. The van der Waals surface area contributed by atoms with Gasteiger partial charge >= 0.3 is 0 Å². The summed E-state index contributed by atoms with van der Waals surface area (Å²) >= 11 is 0. The molecule has 0 bridgehead atoms. The molecule has 0 spiro atoms. The third kappa shape index (κ3) is 2.04. The molecule has 2 heteroatoms. The Hall–Kier alpha value is -0.0800. The average Bonchev–Trinajstić information content (AvgIpc) is 2.47. The van der Waals surface area contributed by atoms with Crippen LogP contribution in [0.15, 0.2) is 0 Å². The fraction of sp³-hybridized carbons (Fsp3) is 1.00. The molecular weight excluding hydrogens is 212 g/mol. The Morgan fingerprint density at radius 2 is 1.53 bits per heavy atom. The van der Waals surface area contributed by atoms with Crippen LogP contribution >= 0.6 is 0 Å². The van der Waals surface area contributed by atoms with E-state index in [2.05, 4.69) is 20.8 Å². The second-order valence-corrected chi connectivity index (χ2v) is 6.66. The molecule has 6 unspecified atom stereocenters. The highest BCUT2D eigenvalue weighted by Gasteiger charge is 2.49. The van der Waals surface area contributed by atoms with Crippen LogP contribution in [0.2, 0.25) is 0 Å². The van der Waals surface area contributed by atoms with Gasteiger partial charge < -0.3 is 9.47 Å². The van der Waals surface area contributed by atoms with Crippen LogP contribution in [-0.4, -0.2) is 19.0 Å². The topological polar surface area (TPSA) is 18.5 Å². The molecule has 7 atom stereocenters. The molecule has 2 nitrogen and oxygen atoms in total. The molecule has 0 amide bonds. The van der Waals surface area contributed by atoms with Gasteiger partial charge in [0.2, 0.25) is 0 Å². The lowest BCUT2D eigenvalue weighted by atomic mass is 9.61. The Morgan fingerprint density at radius 1 is 0.824 bits per heavy atom. The Balaban J connectivity index is 1.88. The lowest BCUT2D eigenvalue weighted by Crippen LogP contribution is -2.49. The predicted octanol–water partition coefficient (Wildman–Crippen LogP) is 3.46. The summed E-state index contributed by atoms with van der Waals surface area (Å²) in [6.07, 6.45) is 5.84. The van der Waals surface area contributed by atoms with Crippen molar-refractivity contribution in [2.45, 2.75) is 58.8 Å². The fourth-order valence-corrected chi connectivity index (χ4v) is 4.44.